The first kappa shape index (κ1) is 15.7. The van der Waals surface area contributed by atoms with Crippen LogP contribution in [0.25, 0.3) is 11.0 Å². The van der Waals surface area contributed by atoms with Gasteiger partial charge in [-0.1, -0.05) is 12.1 Å². The van der Waals surface area contributed by atoms with Crippen LogP contribution in [-0.4, -0.2) is 32.6 Å². The van der Waals surface area contributed by atoms with Crippen molar-refractivity contribution in [1.82, 2.24) is 19.5 Å². The quantitative estimate of drug-likeness (QED) is 0.735. The Morgan fingerprint density at radius 2 is 1.80 bits per heavy atom. The zero-order chi connectivity index (χ0) is 17.2. The molecule has 0 atom stereocenters. The third-order valence-corrected chi connectivity index (χ3v) is 4.88. The first-order chi connectivity index (χ1) is 12.2. The van der Waals surface area contributed by atoms with Gasteiger partial charge in [-0.2, -0.15) is 0 Å². The maximum atomic E-state index is 11.8. The average molecular weight is 335 g/mol. The highest BCUT2D eigenvalue weighted by atomic mass is 16.1. The summed E-state index contributed by atoms with van der Waals surface area (Å²) in [6, 6.07) is 9.50. The first-order valence-corrected chi connectivity index (χ1v) is 8.69. The monoisotopic (exact) mass is 335 g/mol. The van der Waals surface area contributed by atoms with Crippen LogP contribution in [0.4, 0.5) is 5.82 Å². The standard InChI is InChI=1S/C19H21N5O/c1-14-19(22-17-5-3-2-4-16(17)21-14)23-10-7-15(8-11-23)12-24-13-20-9-6-18(24)25/h2-6,9,13,15H,7-8,10-12H2,1H3. The van der Waals surface area contributed by atoms with E-state index < -0.39 is 0 Å². The van der Waals surface area contributed by atoms with Crippen molar-refractivity contribution in [2.24, 2.45) is 5.92 Å². The van der Waals surface area contributed by atoms with E-state index in [-0.39, 0.29) is 5.56 Å². The van der Waals surface area contributed by atoms with E-state index >= 15 is 0 Å². The summed E-state index contributed by atoms with van der Waals surface area (Å²) in [5.41, 5.74) is 2.87. The van der Waals surface area contributed by atoms with Gasteiger partial charge in [0.15, 0.2) is 5.82 Å². The lowest BCUT2D eigenvalue weighted by atomic mass is 9.96. The molecule has 25 heavy (non-hydrogen) atoms. The molecule has 6 heteroatoms. The number of hydrogen-bond acceptors (Lipinski definition) is 5. The minimum absolute atomic E-state index is 0.0219. The lowest BCUT2D eigenvalue weighted by Gasteiger charge is -2.33. The number of benzene rings is 1. The molecule has 0 N–H and O–H groups in total. The van der Waals surface area contributed by atoms with Gasteiger partial charge in [0.05, 0.1) is 23.1 Å². The van der Waals surface area contributed by atoms with Crippen molar-refractivity contribution in [3.05, 3.63) is 58.9 Å². The Morgan fingerprint density at radius 1 is 1.08 bits per heavy atom. The fraction of sp³-hybridized carbons (Fsp3) is 0.368. The molecule has 4 rings (SSSR count). The third-order valence-electron chi connectivity index (χ3n) is 4.88. The molecule has 0 spiro atoms. The van der Waals surface area contributed by atoms with Crippen LogP contribution in [0.1, 0.15) is 18.5 Å². The summed E-state index contributed by atoms with van der Waals surface area (Å²) in [5.74, 6) is 1.47. The van der Waals surface area contributed by atoms with Gasteiger partial charge in [-0.25, -0.2) is 15.0 Å². The molecular formula is C19H21N5O. The summed E-state index contributed by atoms with van der Waals surface area (Å²) in [6.45, 7) is 4.64. The zero-order valence-corrected chi connectivity index (χ0v) is 14.3. The van der Waals surface area contributed by atoms with Gasteiger partial charge in [0, 0.05) is 31.9 Å². The molecule has 128 valence electrons. The van der Waals surface area contributed by atoms with Crippen LogP contribution in [-0.2, 0) is 6.54 Å². The number of aryl methyl sites for hydroxylation is 1. The van der Waals surface area contributed by atoms with E-state index in [4.69, 9.17) is 9.97 Å². The van der Waals surface area contributed by atoms with Gasteiger partial charge in [-0.15, -0.1) is 0 Å². The third kappa shape index (κ3) is 3.24. The van der Waals surface area contributed by atoms with Crippen LogP contribution in [0.3, 0.4) is 0 Å². The van der Waals surface area contributed by atoms with Crippen molar-refractivity contribution < 1.29 is 0 Å². The van der Waals surface area contributed by atoms with E-state index in [1.54, 1.807) is 17.1 Å². The number of para-hydroxylation sites is 2. The van der Waals surface area contributed by atoms with Crippen LogP contribution in [0.15, 0.2) is 47.7 Å². The number of anilines is 1. The van der Waals surface area contributed by atoms with Gasteiger partial charge in [-0.05, 0) is 37.8 Å². The number of piperidine rings is 1. The van der Waals surface area contributed by atoms with E-state index in [2.05, 4.69) is 9.88 Å². The fourth-order valence-electron chi connectivity index (χ4n) is 3.50. The number of nitrogens with zero attached hydrogens (tertiary/aromatic N) is 5. The van der Waals surface area contributed by atoms with Crippen LogP contribution in [0.5, 0.6) is 0 Å². The number of hydrogen-bond donors (Lipinski definition) is 0. The molecule has 0 saturated carbocycles. The maximum absolute atomic E-state index is 11.8. The molecule has 0 aliphatic carbocycles. The zero-order valence-electron chi connectivity index (χ0n) is 14.3. The molecular weight excluding hydrogens is 314 g/mol. The Bertz CT molecular complexity index is 944. The first-order valence-electron chi connectivity index (χ1n) is 8.69. The Morgan fingerprint density at radius 3 is 2.52 bits per heavy atom. The van der Waals surface area contributed by atoms with Crippen molar-refractivity contribution in [2.75, 3.05) is 18.0 Å². The largest absolute Gasteiger partial charge is 0.355 e. The SMILES string of the molecule is Cc1nc2ccccc2nc1N1CCC(Cn2cnccc2=O)CC1. The van der Waals surface area contributed by atoms with E-state index in [9.17, 15) is 4.79 Å². The van der Waals surface area contributed by atoms with Crippen LogP contribution >= 0.6 is 0 Å². The fourth-order valence-corrected chi connectivity index (χ4v) is 3.50. The molecule has 1 aromatic carbocycles. The summed E-state index contributed by atoms with van der Waals surface area (Å²) in [6.07, 6.45) is 5.25. The van der Waals surface area contributed by atoms with Crippen molar-refractivity contribution in [2.45, 2.75) is 26.3 Å². The van der Waals surface area contributed by atoms with Gasteiger partial charge >= 0.3 is 0 Å². The molecule has 1 aliphatic heterocycles. The molecule has 0 radical (unpaired) electrons. The summed E-state index contributed by atoms with van der Waals surface area (Å²) in [4.78, 5) is 27.7. The molecule has 1 fully saturated rings. The van der Waals surface area contributed by atoms with Gasteiger partial charge in [0.25, 0.3) is 5.56 Å². The summed E-state index contributed by atoms with van der Waals surface area (Å²) in [7, 11) is 0. The van der Waals surface area contributed by atoms with Crippen molar-refractivity contribution in [3.8, 4) is 0 Å². The van der Waals surface area contributed by atoms with Crippen molar-refractivity contribution >= 4 is 16.9 Å². The number of rotatable bonds is 3. The molecule has 6 nitrogen and oxygen atoms in total. The normalized spacial score (nSPS) is 15.6. The summed E-state index contributed by atoms with van der Waals surface area (Å²) >= 11 is 0. The predicted octanol–water partition coefficient (Wildman–Crippen LogP) is 2.41. The Hall–Kier alpha value is -2.76. The highest BCUT2D eigenvalue weighted by molar-refractivity contribution is 5.76. The lowest BCUT2D eigenvalue weighted by Crippen LogP contribution is -2.37. The minimum atomic E-state index is 0.0219. The van der Waals surface area contributed by atoms with Crippen molar-refractivity contribution in [1.29, 1.82) is 0 Å². The second kappa shape index (κ2) is 6.63. The molecule has 1 saturated heterocycles. The van der Waals surface area contributed by atoms with E-state index in [1.165, 1.54) is 6.07 Å². The van der Waals surface area contributed by atoms with Gasteiger partial charge < -0.3 is 4.90 Å². The summed E-state index contributed by atoms with van der Waals surface area (Å²) in [5, 5.41) is 0. The van der Waals surface area contributed by atoms with Gasteiger partial charge in [-0.3, -0.25) is 9.36 Å². The molecule has 0 amide bonds. The highest BCUT2D eigenvalue weighted by Gasteiger charge is 2.22. The smallest absolute Gasteiger partial charge is 0.253 e. The molecule has 1 aliphatic rings. The molecule has 3 aromatic rings. The van der Waals surface area contributed by atoms with Crippen molar-refractivity contribution in [3.63, 3.8) is 0 Å². The van der Waals surface area contributed by atoms with E-state index in [1.807, 2.05) is 31.2 Å². The minimum Gasteiger partial charge on any atom is -0.355 e. The number of fused-ring (bicyclic) bond motifs is 1. The van der Waals surface area contributed by atoms with Gasteiger partial charge in [0.1, 0.15) is 0 Å². The van der Waals surface area contributed by atoms with Gasteiger partial charge in [0.2, 0.25) is 0 Å². The highest BCUT2D eigenvalue weighted by Crippen LogP contribution is 2.26. The summed E-state index contributed by atoms with van der Waals surface area (Å²) < 4.78 is 1.71. The predicted molar refractivity (Wildman–Crippen MR) is 97.7 cm³/mol. The molecule has 0 bridgehead atoms. The van der Waals surface area contributed by atoms with E-state index in [0.717, 1.165) is 55.0 Å². The molecule has 0 unspecified atom stereocenters. The molecule has 3 heterocycles. The van der Waals surface area contributed by atoms with E-state index in [0.29, 0.717) is 5.92 Å². The second-order valence-corrected chi connectivity index (χ2v) is 6.62. The van der Waals surface area contributed by atoms with Crippen LogP contribution in [0.2, 0.25) is 0 Å². The number of aromatic nitrogens is 4. The lowest BCUT2D eigenvalue weighted by molar-refractivity contribution is 0.350. The Labute approximate surface area is 146 Å². The topological polar surface area (TPSA) is 63.9 Å². The van der Waals surface area contributed by atoms with Crippen LogP contribution in [0, 0.1) is 12.8 Å². The Balaban J connectivity index is 1.48. The van der Waals surface area contributed by atoms with Crippen LogP contribution < -0.4 is 10.5 Å². The maximum Gasteiger partial charge on any atom is 0.253 e. The Kier molecular flexibility index (Phi) is 4.17. The average Bonchev–Trinajstić information content (AvgIpc) is 2.64. The second-order valence-electron chi connectivity index (χ2n) is 6.62. The molecule has 2 aromatic heterocycles.